The van der Waals surface area contributed by atoms with Crippen LogP contribution in [0.5, 0.6) is 0 Å². The van der Waals surface area contributed by atoms with E-state index >= 15 is 0 Å². The van der Waals surface area contributed by atoms with Crippen LogP contribution in [0.15, 0.2) is 30.3 Å². The van der Waals surface area contributed by atoms with Crippen molar-refractivity contribution in [3.63, 3.8) is 0 Å². The van der Waals surface area contributed by atoms with Crippen molar-refractivity contribution in [2.24, 2.45) is 11.8 Å². The number of rotatable bonds is 18. The van der Waals surface area contributed by atoms with Gasteiger partial charge in [-0.1, -0.05) is 58.0 Å². The molecule has 0 aliphatic carbocycles. The Morgan fingerprint density at radius 3 is 2.03 bits per heavy atom. The smallest absolute Gasteiger partial charge is 0.243 e. The summed E-state index contributed by atoms with van der Waals surface area (Å²) in [6.07, 6.45) is 1.84. The lowest BCUT2D eigenvalue weighted by molar-refractivity contribution is -0.143. The van der Waals surface area contributed by atoms with Crippen molar-refractivity contribution in [3.8, 4) is 0 Å². The molecule has 1 rings (SSSR count). The highest BCUT2D eigenvalue weighted by atomic mass is 16.3. The molecule has 1 aromatic rings. The van der Waals surface area contributed by atoms with Gasteiger partial charge in [-0.15, -0.1) is 0 Å². The number of carbonyl (C=O) groups is 5. The number of carbonyl (C=O) groups excluding carboxylic acids is 5. The van der Waals surface area contributed by atoms with Crippen LogP contribution in [0.4, 0.5) is 0 Å². The lowest BCUT2D eigenvalue weighted by atomic mass is 9.90. The number of hydrogen-bond donors (Lipinski definition) is 6. The maximum Gasteiger partial charge on any atom is 0.243 e. The number of aliphatic hydroxyl groups is 2. The number of amides is 4. The molecule has 0 fully saturated rings. The normalized spacial score (nSPS) is 15.0. The molecule has 0 aromatic heterocycles. The maximum absolute atomic E-state index is 13.0. The van der Waals surface area contributed by atoms with Gasteiger partial charge in [-0.3, -0.25) is 24.0 Å². The molecule has 0 aliphatic rings. The van der Waals surface area contributed by atoms with E-state index in [-0.39, 0.29) is 18.3 Å². The molecule has 218 valence electrons. The number of ketones is 1. The van der Waals surface area contributed by atoms with Gasteiger partial charge in [-0.2, -0.15) is 0 Å². The van der Waals surface area contributed by atoms with Crippen LogP contribution in [0.2, 0.25) is 0 Å². The van der Waals surface area contributed by atoms with Crippen molar-refractivity contribution < 1.29 is 34.2 Å². The fraction of sp³-hybridized carbons (Fsp3) is 0.607. The van der Waals surface area contributed by atoms with Gasteiger partial charge in [0, 0.05) is 0 Å². The van der Waals surface area contributed by atoms with Crippen LogP contribution in [0.25, 0.3) is 0 Å². The summed E-state index contributed by atoms with van der Waals surface area (Å²) in [5, 5.41) is 29.7. The summed E-state index contributed by atoms with van der Waals surface area (Å²) in [5.41, 5.74) is -1.02. The van der Waals surface area contributed by atoms with E-state index in [0.29, 0.717) is 25.7 Å². The minimum absolute atomic E-state index is 0.00350. The highest BCUT2D eigenvalue weighted by Crippen LogP contribution is 2.14. The zero-order valence-corrected chi connectivity index (χ0v) is 23.5. The Morgan fingerprint density at radius 2 is 1.49 bits per heavy atom. The average molecular weight is 549 g/mol. The van der Waals surface area contributed by atoms with Gasteiger partial charge >= 0.3 is 0 Å². The fourth-order valence-corrected chi connectivity index (χ4v) is 4.00. The molecule has 6 N–H and O–H groups in total. The Kier molecular flexibility index (Phi) is 14.4. The molecule has 0 radical (unpaired) electrons. The number of nitrogens with one attached hydrogen (secondary N) is 4. The van der Waals surface area contributed by atoms with Crippen molar-refractivity contribution >= 4 is 29.9 Å². The molecule has 4 atom stereocenters. The third-order valence-electron chi connectivity index (χ3n) is 6.11. The summed E-state index contributed by atoms with van der Waals surface area (Å²) >= 11 is 0. The first-order valence-electron chi connectivity index (χ1n) is 13.3. The van der Waals surface area contributed by atoms with E-state index in [2.05, 4.69) is 21.3 Å². The van der Waals surface area contributed by atoms with Crippen molar-refractivity contribution in [3.05, 3.63) is 35.9 Å². The van der Waals surface area contributed by atoms with E-state index in [1.807, 2.05) is 58.0 Å². The second-order valence-electron chi connectivity index (χ2n) is 10.8. The minimum Gasteiger partial charge on any atom is -0.393 e. The highest BCUT2D eigenvalue weighted by Gasteiger charge is 2.36. The predicted molar refractivity (Wildman–Crippen MR) is 146 cm³/mol. The third kappa shape index (κ3) is 12.4. The van der Waals surface area contributed by atoms with Crippen molar-refractivity contribution in [1.82, 2.24) is 21.3 Å². The molecule has 0 spiro atoms. The zero-order valence-electron chi connectivity index (χ0n) is 23.5. The molecule has 0 saturated carbocycles. The van der Waals surface area contributed by atoms with Crippen molar-refractivity contribution in [2.45, 2.75) is 84.0 Å². The summed E-state index contributed by atoms with van der Waals surface area (Å²) in [7, 11) is 0. The fourth-order valence-electron chi connectivity index (χ4n) is 4.00. The quantitative estimate of drug-likeness (QED) is 0.142. The molecule has 0 bridgehead atoms. The molecule has 1 aromatic carbocycles. The molecule has 39 heavy (non-hydrogen) atoms. The minimum atomic E-state index is -2.02. The molecule has 3 unspecified atom stereocenters. The molecule has 4 amide bonds. The molecular formula is C28H44N4O7. The molecule has 0 heterocycles. The van der Waals surface area contributed by atoms with Gasteiger partial charge in [0.15, 0.2) is 5.78 Å². The first-order chi connectivity index (χ1) is 18.3. The first-order valence-corrected chi connectivity index (χ1v) is 13.3. The third-order valence-corrected chi connectivity index (χ3v) is 6.11. The van der Waals surface area contributed by atoms with E-state index < -0.39 is 60.4 Å². The Bertz CT molecular complexity index is 950. The monoisotopic (exact) mass is 548 g/mol. The number of Topliss-reactive ketones (excluding diaryl/α,β-unsaturated/α-hetero) is 1. The van der Waals surface area contributed by atoms with Gasteiger partial charge in [0.05, 0.1) is 19.2 Å². The second-order valence-corrected chi connectivity index (χ2v) is 10.8. The summed E-state index contributed by atoms with van der Waals surface area (Å²) in [4.78, 5) is 62.2. The first kappa shape index (κ1) is 33.7. The predicted octanol–water partition coefficient (Wildman–Crippen LogP) is 0.224. The van der Waals surface area contributed by atoms with E-state index in [4.69, 9.17) is 0 Å². The van der Waals surface area contributed by atoms with Crippen molar-refractivity contribution in [1.29, 1.82) is 0 Å². The Labute approximate surface area is 230 Å². The van der Waals surface area contributed by atoms with Crippen LogP contribution in [0.1, 0.15) is 59.4 Å². The van der Waals surface area contributed by atoms with Gasteiger partial charge in [-0.25, -0.2) is 0 Å². The van der Waals surface area contributed by atoms with Gasteiger partial charge in [0.25, 0.3) is 0 Å². The number of benzene rings is 1. The van der Waals surface area contributed by atoms with Crippen LogP contribution >= 0.6 is 0 Å². The van der Waals surface area contributed by atoms with Crippen LogP contribution in [0, 0.1) is 11.8 Å². The lowest BCUT2D eigenvalue weighted by Crippen LogP contribution is -2.56. The summed E-state index contributed by atoms with van der Waals surface area (Å²) in [6, 6.07) is 6.62. The van der Waals surface area contributed by atoms with Gasteiger partial charge in [-0.05, 0) is 50.0 Å². The second kappa shape index (κ2) is 16.6. The zero-order chi connectivity index (χ0) is 29.6. The van der Waals surface area contributed by atoms with E-state index in [0.717, 1.165) is 5.56 Å². The summed E-state index contributed by atoms with van der Waals surface area (Å²) in [5.74, 6) is -2.46. The average Bonchev–Trinajstić information content (AvgIpc) is 2.88. The maximum atomic E-state index is 13.0. The lowest BCUT2D eigenvalue weighted by Gasteiger charge is -2.27. The Hall–Kier alpha value is -3.31. The van der Waals surface area contributed by atoms with Crippen LogP contribution in [0.3, 0.4) is 0 Å². The van der Waals surface area contributed by atoms with Gasteiger partial charge in [0.2, 0.25) is 24.1 Å². The summed E-state index contributed by atoms with van der Waals surface area (Å²) < 4.78 is 0. The standard InChI is InChI=1S/C28H44N4O7/c1-18(2)13-22(25(36)28(5,39)16-33)31-24(35)15-29-26(37)23(14-19(3)4)32-27(38)21(30-17-34)12-11-20-9-7-6-8-10-20/h6-10,17-19,21-23,33,39H,11-16H2,1-5H3,(H,29,37)(H,30,34)(H,31,35)(H,32,38)/t21-,22?,23?,28?/m0/s1. The van der Waals surface area contributed by atoms with E-state index in [1.165, 1.54) is 6.92 Å². The molecule has 0 aliphatic heterocycles. The van der Waals surface area contributed by atoms with E-state index in [9.17, 15) is 34.2 Å². The molecule has 0 saturated heterocycles. The molecule has 11 nitrogen and oxygen atoms in total. The van der Waals surface area contributed by atoms with Gasteiger partial charge in [0.1, 0.15) is 17.7 Å². The van der Waals surface area contributed by atoms with E-state index in [1.54, 1.807) is 0 Å². The Balaban J connectivity index is 2.83. The number of aryl methyl sites for hydroxylation is 1. The van der Waals surface area contributed by atoms with Crippen LogP contribution in [-0.4, -0.2) is 77.0 Å². The summed E-state index contributed by atoms with van der Waals surface area (Å²) in [6.45, 7) is 7.35. The molecular weight excluding hydrogens is 504 g/mol. The number of aliphatic hydroxyl groups excluding tert-OH is 1. The van der Waals surface area contributed by atoms with Crippen LogP contribution in [-0.2, 0) is 30.4 Å². The van der Waals surface area contributed by atoms with Crippen molar-refractivity contribution in [2.75, 3.05) is 13.2 Å². The number of hydrogen-bond acceptors (Lipinski definition) is 7. The topological polar surface area (TPSA) is 174 Å². The SMILES string of the molecule is CC(C)CC(NC(=O)[C@H](CCc1ccccc1)NC=O)C(=O)NCC(=O)NC(CC(C)C)C(=O)C(C)(O)CO. The van der Waals surface area contributed by atoms with Gasteiger partial charge < -0.3 is 31.5 Å². The highest BCUT2D eigenvalue weighted by molar-refractivity contribution is 5.96. The molecule has 11 heteroatoms. The Morgan fingerprint density at radius 1 is 0.897 bits per heavy atom. The van der Waals surface area contributed by atoms with Crippen LogP contribution < -0.4 is 21.3 Å². The largest absolute Gasteiger partial charge is 0.393 e.